The molecule has 2 aromatic heterocycles. The number of hydrogen-bond acceptors (Lipinski definition) is 9. The predicted molar refractivity (Wildman–Crippen MR) is 130 cm³/mol. The van der Waals surface area contributed by atoms with Crippen molar-refractivity contribution in [1.29, 1.82) is 0 Å². The van der Waals surface area contributed by atoms with E-state index in [2.05, 4.69) is 20.9 Å². The van der Waals surface area contributed by atoms with Crippen LogP contribution in [-0.4, -0.2) is 50.8 Å². The molecule has 0 bridgehead atoms. The van der Waals surface area contributed by atoms with Gasteiger partial charge in [-0.25, -0.2) is 4.98 Å². The van der Waals surface area contributed by atoms with Crippen molar-refractivity contribution in [3.05, 3.63) is 12.4 Å². The molecule has 2 aromatic rings. The first-order valence-electron chi connectivity index (χ1n) is 12.2. The second-order valence-electron chi connectivity index (χ2n) is 9.07. The number of fused-ring (bicyclic) bond motifs is 1. The number of esters is 2. The molecule has 3 atom stereocenters. The molecule has 1 fully saturated rings. The number of nitrogens with zero attached hydrogens (tertiary/aromatic N) is 4. The molecule has 10 nitrogen and oxygen atoms in total. The van der Waals surface area contributed by atoms with Crippen molar-refractivity contribution >= 4 is 28.9 Å². The molecule has 0 spiro atoms. The van der Waals surface area contributed by atoms with Crippen LogP contribution >= 0.6 is 0 Å². The highest BCUT2D eigenvalue weighted by Crippen LogP contribution is 2.54. The van der Waals surface area contributed by atoms with Gasteiger partial charge in [0.1, 0.15) is 12.8 Å². The molecule has 11 heteroatoms. The topological polar surface area (TPSA) is 131 Å². The number of halogens is 1. The van der Waals surface area contributed by atoms with Crippen LogP contribution in [0.5, 0.6) is 0 Å². The maximum absolute atomic E-state index is 14.0. The normalized spacial score (nSPS) is 22.1. The summed E-state index contributed by atoms with van der Waals surface area (Å²) >= 11 is 0. The third-order valence-electron chi connectivity index (χ3n) is 7.59. The summed E-state index contributed by atoms with van der Waals surface area (Å²) in [5.74, 6) is 0.900. The first-order valence-corrected chi connectivity index (χ1v) is 12.2. The maximum Gasteiger partial charge on any atom is 0.312 e. The number of hydrogen-bond donors (Lipinski definition) is 1. The number of rotatable bonds is 10. The molecule has 3 rings (SSSR count). The van der Waals surface area contributed by atoms with Crippen LogP contribution < -0.4 is 5.73 Å². The van der Waals surface area contributed by atoms with Crippen molar-refractivity contribution in [1.82, 2.24) is 19.5 Å². The van der Waals surface area contributed by atoms with Crippen molar-refractivity contribution < 1.29 is 28.2 Å². The molecule has 0 amide bonds. The second kappa shape index (κ2) is 10.8. The second-order valence-corrected chi connectivity index (χ2v) is 9.07. The van der Waals surface area contributed by atoms with Crippen molar-refractivity contribution in [2.45, 2.75) is 71.6 Å². The van der Waals surface area contributed by atoms with Crippen LogP contribution in [0.3, 0.4) is 0 Å². The van der Waals surface area contributed by atoms with Crippen molar-refractivity contribution in [2.75, 3.05) is 19.5 Å². The van der Waals surface area contributed by atoms with Gasteiger partial charge in [0.05, 0.1) is 24.8 Å². The molecule has 1 saturated heterocycles. The van der Waals surface area contributed by atoms with Gasteiger partial charge < -0.3 is 19.9 Å². The van der Waals surface area contributed by atoms with E-state index < -0.39 is 35.2 Å². The lowest BCUT2D eigenvalue weighted by atomic mass is 9.64. The maximum atomic E-state index is 14.0. The SMILES string of the molecule is C#C[C@]1(COC(=O)C(CC)CC)O[C@@H](n2cnc3c(N)nc(F)nc32)C[C@H]1C(CC)(CC)C(=O)OC. The van der Waals surface area contributed by atoms with Gasteiger partial charge in [-0.2, -0.15) is 14.4 Å². The smallest absolute Gasteiger partial charge is 0.312 e. The van der Waals surface area contributed by atoms with E-state index in [-0.39, 0.29) is 41.9 Å². The number of nitrogens with two attached hydrogens (primary N) is 1. The van der Waals surface area contributed by atoms with E-state index in [4.69, 9.17) is 26.4 Å². The Hall–Kier alpha value is -3.26. The summed E-state index contributed by atoms with van der Waals surface area (Å²) in [6.07, 6.45) is 7.97. The molecular weight excluding hydrogens is 469 g/mol. The van der Waals surface area contributed by atoms with Crippen LogP contribution in [0, 0.1) is 35.7 Å². The predicted octanol–water partition coefficient (Wildman–Crippen LogP) is 3.41. The summed E-state index contributed by atoms with van der Waals surface area (Å²) < 4.78 is 32.8. The highest BCUT2D eigenvalue weighted by molar-refractivity contribution is 5.81. The lowest BCUT2D eigenvalue weighted by Crippen LogP contribution is -2.51. The van der Waals surface area contributed by atoms with Crippen LogP contribution in [-0.2, 0) is 23.8 Å². The number of carbonyl (C=O) groups is 2. The number of methoxy groups -OCH3 is 1. The molecule has 2 N–H and O–H groups in total. The third kappa shape index (κ3) is 4.50. The van der Waals surface area contributed by atoms with Crippen LogP contribution in [0.15, 0.2) is 6.33 Å². The summed E-state index contributed by atoms with van der Waals surface area (Å²) in [5, 5.41) is 0. The number of nitrogen functional groups attached to an aromatic ring is 1. The first kappa shape index (κ1) is 27.3. The summed E-state index contributed by atoms with van der Waals surface area (Å²) in [7, 11) is 1.33. The monoisotopic (exact) mass is 503 g/mol. The Morgan fingerprint density at radius 2 is 2.00 bits per heavy atom. The summed E-state index contributed by atoms with van der Waals surface area (Å²) in [6, 6.07) is 0. The number of terminal acetylenes is 1. The zero-order valence-electron chi connectivity index (χ0n) is 21.4. The van der Waals surface area contributed by atoms with Gasteiger partial charge in [0.2, 0.25) is 0 Å². The van der Waals surface area contributed by atoms with Gasteiger partial charge in [-0.3, -0.25) is 14.2 Å². The summed E-state index contributed by atoms with van der Waals surface area (Å²) in [4.78, 5) is 37.5. The highest BCUT2D eigenvalue weighted by Gasteiger charge is 2.60. The van der Waals surface area contributed by atoms with Gasteiger partial charge in [-0.15, -0.1) is 6.42 Å². The van der Waals surface area contributed by atoms with Gasteiger partial charge in [-0.05, 0) is 25.7 Å². The Kier molecular flexibility index (Phi) is 8.19. The van der Waals surface area contributed by atoms with E-state index in [0.717, 1.165) is 0 Å². The minimum atomic E-state index is -1.46. The first-order chi connectivity index (χ1) is 17.2. The quantitative estimate of drug-likeness (QED) is 0.294. The van der Waals surface area contributed by atoms with Crippen molar-refractivity contribution in [3.8, 4) is 12.3 Å². The lowest BCUT2D eigenvalue weighted by molar-refractivity contribution is -0.170. The minimum absolute atomic E-state index is 0.112. The average Bonchev–Trinajstić information content (AvgIpc) is 3.47. The van der Waals surface area contributed by atoms with E-state index in [1.54, 1.807) is 0 Å². The largest absolute Gasteiger partial charge is 0.469 e. The van der Waals surface area contributed by atoms with E-state index in [1.807, 2.05) is 27.7 Å². The summed E-state index contributed by atoms with van der Waals surface area (Å²) in [5.41, 5.74) is 3.68. The summed E-state index contributed by atoms with van der Waals surface area (Å²) in [6.45, 7) is 7.31. The third-order valence-corrected chi connectivity index (χ3v) is 7.59. The zero-order chi connectivity index (χ0) is 26.7. The van der Waals surface area contributed by atoms with Gasteiger partial charge in [0.15, 0.2) is 22.6 Å². The minimum Gasteiger partial charge on any atom is -0.469 e. The molecule has 3 heterocycles. The molecule has 0 radical (unpaired) electrons. The van der Waals surface area contributed by atoms with Gasteiger partial charge >= 0.3 is 18.0 Å². The number of carbonyl (C=O) groups excluding carboxylic acids is 2. The molecule has 1 aliphatic heterocycles. The zero-order valence-corrected chi connectivity index (χ0v) is 21.4. The van der Waals surface area contributed by atoms with Gasteiger partial charge in [0.25, 0.3) is 0 Å². The van der Waals surface area contributed by atoms with Gasteiger partial charge in [0, 0.05) is 12.3 Å². The Labute approximate surface area is 210 Å². The number of imidazole rings is 1. The van der Waals surface area contributed by atoms with Crippen LogP contribution in [0.4, 0.5) is 10.2 Å². The number of ether oxygens (including phenoxy) is 3. The Morgan fingerprint density at radius 3 is 2.56 bits per heavy atom. The molecule has 0 aliphatic carbocycles. The average molecular weight is 504 g/mol. The molecule has 0 unspecified atom stereocenters. The van der Waals surface area contributed by atoms with E-state index in [1.165, 1.54) is 18.0 Å². The fourth-order valence-electron chi connectivity index (χ4n) is 5.33. The Balaban J connectivity index is 2.10. The van der Waals surface area contributed by atoms with Crippen molar-refractivity contribution in [2.24, 2.45) is 17.3 Å². The fourth-order valence-corrected chi connectivity index (χ4v) is 5.33. The van der Waals surface area contributed by atoms with E-state index in [0.29, 0.717) is 25.7 Å². The Bertz CT molecular complexity index is 1150. The molecule has 0 aromatic carbocycles. The number of anilines is 1. The van der Waals surface area contributed by atoms with Gasteiger partial charge in [-0.1, -0.05) is 33.6 Å². The molecule has 196 valence electrons. The fraction of sp³-hybridized carbons (Fsp3) is 0.640. The standard InChI is InChI=1S/C25H34FN5O5/c1-7-15(8-2)21(32)35-13-25(11-5)16(24(9-3,10-4)22(33)34-6)12-17(36-25)31-14-28-18-19(27)29-23(26)30-20(18)31/h5,14-17H,7-10,12-13H2,1-4,6H3,(H2,27,29,30)/t16-,17+,25+/m0/s1. The number of aromatic nitrogens is 4. The highest BCUT2D eigenvalue weighted by atomic mass is 19.1. The molecule has 1 aliphatic rings. The van der Waals surface area contributed by atoms with Crippen LogP contribution in [0.2, 0.25) is 0 Å². The van der Waals surface area contributed by atoms with Crippen LogP contribution in [0.25, 0.3) is 11.2 Å². The lowest BCUT2D eigenvalue weighted by Gasteiger charge is -2.41. The molecule has 36 heavy (non-hydrogen) atoms. The molecule has 0 saturated carbocycles. The van der Waals surface area contributed by atoms with Crippen molar-refractivity contribution in [3.63, 3.8) is 0 Å². The van der Waals surface area contributed by atoms with E-state index >= 15 is 0 Å². The molecular formula is C25H34FN5O5. The van der Waals surface area contributed by atoms with E-state index in [9.17, 15) is 14.0 Å². The van der Waals surface area contributed by atoms with Crippen LogP contribution in [0.1, 0.15) is 66.0 Å². The Morgan fingerprint density at radius 1 is 1.33 bits per heavy atom.